The average molecular weight is 378 g/mol. The molecule has 1 saturated heterocycles. The van der Waals surface area contributed by atoms with Crippen LogP contribution in [-0.2, 0) is 0 Å². The Kier molecular flexibility index (Phi) is 4.96. The number of piperidine rings is 1. The fourth-order valence-corrected chi connectivity index (χ4v) is 3.85. The fourth-order valence-electron chi connectivity index (χ4n) is 3.85. The van der Waals surface area contributed by atoms with Crippen molar-refractivity contribution >= 4 is 22.5 Å². The van der Waals surface area contributed by atoms with E-state index >= 15 is 0 Å². The van der Waals surface area contributed by atoms with Crippen LogP contribution in [0.3, 0.4) is 0 Å². The molecule has 0 bridgehead atoms. The first-order valence-electron chi connectivity index (χ1n) is 9.50. The predicted molar refractivity (Wildman–Crippen MR) is 110 cm³/mol. The van der Waals surface area contributed by atoms with Crippen LogP contribution < -0.4 is 16.4 Å². The van der Waals surface area contributed by atoms with E-state index in [1.54, 1.807) is 12.3 Å². The lowest BCUT2D eigenvalue weighted by Gasteiger charge is -2.24. The fraction of sp³-hybridized carbons (Fsp3) is 0.273. The first kappa shape index (κ1) is 18.4. The predicted octanol–water partition coefficient (Wildman–Crippen LogP) is 3.41. The van der Waals surface area contributed by atoms with Crippen LogP contribution in [0.5, 0.6) is 0 Å². The third kappa shape index (κ3) is 3.43. The summed E-state index contributed by atoms with van der Waals surface area (Å²) in [6.45, 7) is 3.65. The zero-order valence-corrected chi connectivity index (χ0v) is 15.8. The van der Waals surface area contributed by atoms with Crippen molar-refractivity contribution in [1.82, 2.24) is 15.6 Å². The normalized spacial score (nSPS) is 14.9. The van der Waals surface area contributed by atoms with Crippen molar-refractivity contribution in [3.8, 4) is 11.1 Å². The maximum absolute atomic E-state index is 14.4. The highest BCUT2D eigenvalue weighted by atomic mass is 19.1. The molecule has 2 aromatic carbocycles. The number of nitrogen functional groups attached to an aromatic ring is 1. The maximum Gasteiger partial charge on any atom is 0.255 e. The Bertz CT molecular complexity index is 1020. The summed E-state index contributed by atoms with van der Waals surface area (Å²) in [6, 6.07) is 10.7. The van der Waals surface area contributed by atoms with Crippen LogP contribution in [-0.4, -0.2) is 30.0 Å². The third-order valence-electron chi connectivity index (χ3n) is 5.33. The van der Waals surface area contributed by atoms with Gasteiger partial charge in [0.2, 0.25) is 0 Å². The van der Waals surface area contributed by atoms with Crippen LogP contribution in [0.15, 0.2) is 42.6 Å². The van der Waals surface area contributed by atoms with Crippen LogP contribution in [0.4, 0.5) is 10.2 Å². The molecule has 0 radical (unpaired) electrons. The topological polar surface area (TPSA) is 80.0 Å². The molecule has 5 nitrogen and oxygen atoms in total. The molecule has 144 valence electrons. The van der Waals surface area contributed by atoms with Crippen LogP contribution >= 0.6 is 0 Å². The highest BCUT2D eigenvalue weighted by molar-refractivity contribution is 6.11. The van der Waals surface area contributed by atoms with Gasteiger partial charge in [0, 0.05) is 23.2 Å². The number of hydrogen-bond acceptors (Lipinski definition) is 4. The molecule has 0 spiro atoms. The van der Waals surface area contributed by atoms with Gasteiger partial charge in [0.25, 0.3) is 5.91 Å². The number of nitrogens with one attached hydrogen (secondary N) is 2. The van der Waals surface area contributed by atoms with E-state index in [-0.39, 0.29) is 23.6 Å². The molecule has 28 heavy (non-hydrogen) atoms. The van der Waals surface area contributed by atoms with E-state index in [2.05, 4.69) is 15.6 Å². The van der Waals surface area contributed by atoms with Crippen molar-refractivity contribution in [3.05, 3.63) is 59.5 Å². The summed E-state index contributed by atoms with van der Waals surface area (Å²) in [6.07, 6.45) is 3.41. The molecular formula is C22H23FN4O. The number of nitrogens with two attached hydrogens (primary N) is 1. The lowest BCUT2D eigenvalue weighted by Crippen LogP contribution is -2.43. The van der Waals surface area contributed by atoms with Gasteiger partial charge in [-0.15, -0.1) is 0 Å². The Morgan fingerprint density at radius 2 is 2.04 bits per heavy atom. The van der Waals surface area contributed by atoms with Gasteiger partial charge in [0.05, 0.1) is 5.56 Å². The molecule has 1 amide bonds. The number of aryl methyl sites for hydroxylation is 1. The second-order valence-corrected chi connectivity index (χ2v) is 7.25. The summed E-state index contributed by atoms with van der Waals surface area (Å²) in [7, 11) is 0. The third-order valence-corrected chi connectivity index (χ3v) is 5.33. The Morgan fingerprint density at radius 1 is 1.25 bits per heavy atom. The monoisotopic (exact) mass is 378 g/mol. The van der Waals surface area contributed by atoms with Crippen LogP contribution in [0.25, 0.3) is 21.9 Å². The number of fused-ring (bicyclic) bond motifs is 1. The number of carbonyl (C=O) groups excluding carboxylic acids is 1. The molecule has 3 aromatic rings. The Balaban J connectivity index is 1.74. The first-order valence-corrected chi connectivity index (χ1v) is 9.50. The lowest BCUT2D eigenvalue weighted by atomic mass is 9.96. The summed E-state index contributed by atoms with van der Waals surface area (Å²) < 4.78 is 14.4. The highest BCUT2D eigenvalue weighted by Crippen LogP contribution is 2.31. The minimum absolute atomic E-state index is 0.128. The number of nitrogens with zero attached hydrogens (tertiary/aromatic N) is 1. The first-order chi connectivity index (χ1) is 13.5. The van der Waals surface area contributed by atoms with Gasteiger partial charge < -0.3 is 16.4 Å². The number of pyridine rings is 1. The largest absolute Gasteiger partial charge is 0.383 e. The molecule has 0 aliphatic carbocycles. The van der Waals surface area contributed by atoms with Gasteiger partial charge in [0.1, 0.15) is 11.6 Å². The average Bonchev–Trinajstić information content (AvgIpc) is 2.68. The van der Waals surface area contributed by atoms with Gasteiger partial charge in [-0.25, -0.2) is 9.37 Å². The van der Waals surface area contributed by atoms with E-state index in [1.165, 1.54) is 6.07 Å². The smallest absolute Gasteiger partial charge is 0.255 e. The van der Waals surface area contributed by atoms with Crippen LogP contribution in [0, 0.1) is 12.7 Å². The molecule has 1 aliphatic heterocycles. The van der Waals surface area contributed by atoms with Gasteiger partial charge in [-0.1, -0.05) is 24.3 Å². The van der Waals surface area contributed by atoms with Gasteiger partial charge in [0.15, 0.2) is 0 Å². The molecule has 0 saturated carbocycles. The minimum Gasteiger partial charge on any atom is -0.383 e. The van der Waals surface area contributed by atoms with E-state index in [9.17, 15) is 9.18 Å². The van der Waals surface area contributed by atoms with E-state index < -0.39 is 0 Å². The Morgan fingerprint density at radius 3 is 2.79 bits per heavy atom. The molecule has 0 unspecified atom stereocenters. The number of hydrogen-bond donors (Lipinski definition) is 3. The number of rotatable bonds is 3. The molecule has 1 fully saturated rings. The molecule has 6 heteroatoms. The minimum atomic E-state index is -0.272. The van der Waals surface area contributed by atoms with Crippen LogP contribution in [0.1, 0.15) is 28.8 Å². The zero-order valence-electron chi connectivity index (χ0n) is 15.8. The molecule has 1 aliphatic rings. The van der Waals surface area contributed by atoms with Crippen molar-refractivity contribution in [2.24, 2.45) is 0 Å². The van der Waals surface area contributed by atoms with E-state index in [0.29, 0.717) is 11.1 Å². The molecule has 4 rings (SSSR count). The van der Waals surface area contributed by atoms with Crippen molar-refractivity contribution in [2.75, 3.05) is 18.8 Å². The van der Waals surface area contributed by atoms with Crippen molar-refractivity contribution in [2.45, 2.75) is 25.8 Å². The Labute approximate surface area is 163 Å². The van der Waals surface area contributed by atoms with Crippen molar-refractivity contribution in [1.29, 1.82) is 0 Å². The summed E-state index contributed by atoms with van der Waals surface area (Å²) in [5.74, 6) is -0.280. The van der Waals surface area contributed by atoms with Gasteiger partial charge in [-0.2, -0.15) is 0 Å². The zero-order chi connectivity index (χ0) is 19.7. The van der Waals surface area contributed by atoms with E-state index in [0.717, 1.165) is 47.8 Å². The second kappa shape index (κ2) is 7.56. The van der Waals surface area contributed by atoms with E-state index in [1.807, 2.05) is 31.2 Å². The SMILES string of the molecule is Cc1cccc(F)c1-c1ccc2c(C(=O)NC3CCNCC3)c(N)ncc2c1. The summed E-state index contributed by atoms with van der Waals surface area (Å²) in [4.78, 5) is 17.1. The maximum atomic E-state index is 14.4. The number of amides is 1. The standard InChI is InChI=1S/C22H23FN4O/c1-13-3-2-4-18(23)19(13)14-5-6-17-15(11-14)12-26-21(24)20(17)22(28)27-16-7-9-25-10-8-16/h2-6,11-12,16,25H,7-10H2,1H3,(H2,24,26)(H,27,28). The number of halogens is 1. The number of anilines is 1. The summed E-state index contributed by atoms with van der Waals surface area (Å²) >= 11 is 0. The molecule has 2 heterocycles. The van der Waals surface area contributed by atoms with Crippen molar-refractivity contribution < 1.29 is 9.18 Å². The van der Waals surface area contributed by atoms with Gasteiger partial charge in [-0.3, -0.25) is 4.79 Å². The number of carbonyl (C=O) groups is 1. The second-order valence-electron chi connectivity index (χ2n) is 7.25. The Hall–Kier alpha value is -2.99. The molecule has 4 N–H and O–H groups in total. The quantitative estimate of drug-likeness (QED) is 0.652. The molecule has 1 aromatic heterocycles. The number of aromatic nitrogens is 1. The van der Waals surface area contributed by atoms with Gasteiger partial charge >= 0.3 is 0 Å². The summed E-state index contributed by atoms with van der Waals surface area (Å²) in [5, 5.41) is 7.83. The molecular weight excluding hydrogens is 355 g/mol. The van der Waals surface area contributed by atoms with Crippen molar-refractivity contribution in [3.63, 3.8) is 0 Å². The van der Waals surface area contributed by atoms with E-state index in [4.69, 9.17) is 5.73 Å². The van der Waals surface area contributed by atoms with Gasteiger partial charge in [-0.05, 0) is 61.5 Å². The summed E-state index contributed by atoms with van der Waals surface area (Å²) in [5.41, 5.74) is 8.59. The van der Waals surface area contributed by atoms with Crippen LogP contribution in [0.2, 0.25) is 0 Å². The highest BCUT2D eigenvalue weighted by Gasteiger charge is 2.21. The number of benzene rings is 2. The lowest BCUT2D eigenvalue weighted by molar-refractivity contribution is 0.0932. The molecule has 0 atom stereocenters.